The van der Waals surface area contributed by atoms with Crippen molar-refractivity contribution in [2.75, 3.05) is 13.7 Å². The van der Waals surface area contributed by atoms with E-state index < -0.39 is 0 Å². The second kappa shape index (κ2) is 4.39. The molecule has 1 aliphatic rings. The number of likely N-dealkylation sites (tertiary alicyclic amines) is 1. The summed E-state index contributed by atoms with van der Waals surface area (Å²) in [6.07, 6.45) is 1.88. The van der Waals surface area contributed by atoms with Crippen LogP contribution in [0.1, 0.15) is 12.5 Å². The van der Waals surface area contributed by atoms with Crippen molar-refractivity contribution in [2.24, 2.45) is 0 Å². The number of amides is 1. The molecule has 0 bridgehead atoms. The summed E-state index contributed by atoms with van der Waals surface area (Å²) in [5, 5.41) is 0. The van der Waals surface area contributed by atoms with Crippen LogP contribution in [0.15, 0.2) is 35.9 Å². The lowest BCUT2D eigenvalue weighted by atomic mass is 10.1. The van der Waals surface area contributed by atoms with Gasteiger partial charge in [0.2, 0.25) is 0 Å². The van der Waals surface area contributed by atoms with E-state index in [1.807, 2.05) is 42.2 Å². The first-order valence-electron chi connectivity index (χ1n) is 5.32. The van der Waals surface area contributed by atoms with Gasteiger partial charge in [0.25, 0.3) is 5.91 Å². The van der Waals surface area contributed by atoms with Crippen molar-refractivity contribution in [2.45, 2.75) is 13.5 Å². The quantitative estimate of drug-likeness (QED) is 0.572. The zero-order chi connectivity index (χ0) is 11.5. The number of benzene rings is 1. The first-order chi connectivity index (χ1) is 7.74. The van der Waals surface area contributed by atoms with E-state index in [1.54, 1.807) is 7.11 Å². The van der Waals surface area contributed by atoms with Crippen LogP contribution in [0.2, 0.25) is 0 Å². The molecule has 84 valence electrons. The Labute approximate surface area is 95.3 Å². The molecule has 1 heterocycles. The highest BCUT2D eigenvalue weighted by Gasteiger charge is 2.29. The first kappa shape index (κ1) is 10.7. The maximum atomic E-state index is 11.6. The molecule has 1 aromatic carbocycles. The Hall–Kier alpha value is -1.77. The number of hydrogen-bond acceptors (Lipinski definition) is 2. The molecule has 0 aliphatic carbocycles. The van der Waals surface area contributed by atoms with Crippen molar-refractivity contribution < 1.29 is 9.53 Å². The Bertz CT molecular complexity index is 420. The van der Waals surface area contributed by atoms with Gasteiger partial charge < -0.3 is 9.64 Å². The molecule has 0 unspecified atom stereocenters. The summed E-state index contributed by atoms with van der Waals surface area (Å²) in [6.45, 7) is 3.35. The highest BCUT2D eigenvalue weighted by molar-refractivity contribution is 6.00. The van der Waals surface area contributed by atoms with Crippen molar-refractivity contribution in [3.05, 3.63) is 41.5 Å². The highest BCUT2D eigenvalue weighted by Crippen LogP contribution is 2.20. The average molecular weight is 217 g/mol. The summed E-state index contributed by atoms with van der Waals surface area (Å²) < 4.78 is 5.08. The predicted octanol–water partition coefficient (Wildman–Crippen LogP) is 1.98. The number of carbonyl (C=O) groups excluding carboxylic acids is 1. The lowest BCUT2D eigenvalue weighted by Crippen LogP contribution is -2.45. The molecule has 0 N–H and O–H groups in total. The SMILES string of the molecule is C/C=C1\CN(Cc2ccc(OC)cc2)C1=O. The largest absolute Gasteiger partial charge is 0.497 e. The van der Waals surface area contributed by atoms with Gasteiger partial charge in [0, 0.05) is 12.1 Å². The predicted molar refractivity (Wildman–Crippen MR) is 62.2 cm³/mol. The Morgan fingerprint density at radius 2 is 2.06 bits per heavy atom. The van der Waals surface area contributed by atoms with Crippen LogP contribution in [0, 0.1) is 0 Å². The fraction of sp³-hybridized carbons (Fsp3) is 0.308. The molecule has 0 spiro atoms. The van der Waals surface area contributed by atoms with Gasteiger partial charge in [-0.25, -0.2) is 0 Å². The third-order valence-corrected chi connectivity index (χ3v) is 2.80. The van der Waals surface area contributed by atoms with Crippen LogP contribution in [0.3, 0.4) is 0 Å². The van der Waals surface area contributed by atoms with E-state index in [0.29, 0.717) is 6.54 Å². The van der Waals surface area contributed by atoms with E-state index in [-0.39, 0.29) is 5.91 Å². The Kier molecular flexibility index (Phi) is 2.95. The van der Waals surface area contributed by atoms with Crippen LogP contribution in [-0.4, -0.2) is 24.5 Å². The fourth-order valence-electron chi connectivity index (χ4n) is 1.75. The molecule has 0 aromatic heterocycles. The number of carbonyl (C=O) groups is 1. The van der Waals surface area contributed by atoms with E-state index in [4.69, 9.17) is 4.74 Å². The van der Waals surface area contributed by atoms with E-state index in [0.717, 1.165) is 23.4 Å². The van der Waals surface area contributed by atoms with Crippen LogP contribution in [0.5, 0.6) is 5.75 Å². The molecular formula is C13H15NO2. The molecule has 1 amide bonds. The Morgan fingerprint density at radius 1 is 1.38 bits per heavy atom. The lowest BCUT2D eigenvalue weighted by Gasteiger charge is -2.33. The maximum absolute atomic E-state index is 11.6. The minimum atomic E-state index is 0.151. The van der Waals surface area contributed by atoms with E-state index in [1.165, 1.54) is 0 Å². The van der Waals surface area contributed by atoms with Gasteiger partial charge in [0.05, 0.1) is 13.7 Å². The number of β-lactam (4-membered cyclic amide) rings is 1. The third kappa shape index (κ3) is 1.94. The van der Waals surface area contributed by atoms with Gasteiger partial charge in [-0.15, -0.1) is 0 Å². The van der Waals surface area contributed by atoms with E-state index >= 15 is 0 Å². The Balaban J connectivity index is 1.98. The minimum absolute atomic E-state index is 0.151. The van der Waals surface area contributed by atoms with Crippen molar-refractivity contribution in [3.63, 3.8) is 0 Å². The Morgan fingerprint density at radius 3 is 2.56 bits per heavy atom. The van der Waals surface area contributed by atoms with Gasteiger partial charge in [-0.1, -0.05) is 18.2 Å². The van der Waals surface area contributed by atoms with Gasteiger partial charge in [-0.2, -0.15) is 0 Å². The average Bonchev–Trinajstić information content (AvgIpc) is 2.34. The zero-order valence-electron chi connectivity index (χ0n) is 9.56. The molecule has 2 rings (SSSR count). The van der Waals surface area contributed by atoms with Crippen molar-refractivity contribution in [1.29, 1.82) is 0 Å². The molecular weight excluding hydrogens is 202 g/mol. The van der Waals surface area contributed by atoms with E-state index in [9.17, 15) is 4.79 Å². The standard InChI is InChI=1S/C13H15NO2/c1-3-11-9-14(13(11)15)8-10-4-6-12(16-2)7-5-10/h3-7H,8-9H2,1-2H3/b11-3+. The van der Waals surface area contributed by atoms with Crippen LogP contribution in [0.25, 0.3) is 0 Å². The summed E-state index contributed by atoms with van der Waals surface area (Å²) in [6, 6.07) is 7.80. The second-order valence-corrected chi connectivity index (χ2v) is 3.82. The van der Waals surface area contributed by atoms with Crippen LogP contribution < -0.4 is 4.74 Å². The van der Waals surface area contributed by atoms with Crippen LogP contribution in [-0.2, 0) is 11.3 Å². The molecule has 3 nitrogen and oxygen atoms in total. The molecule has 16 heavy (non-hydrogen) atoms. The molecule has 1 aliphatic heterocycles. The van der Waals surface area contributed by atoms with Crippen LogP contribution >= 0.6 is 0 Å². The van der Waals surface area contributed by atoms with Crippen molar-refractivity contribution >= 4 is 5.91 Å². The molecule has 1 saturated heterocycles. The number of nitrogens with zero attached hydrogens (tertiary/aromatic N) is 1. The van der Waals surface area contributed by atoms with Crippen LogP contribution in [0.4, 0.5) is 0 Å². The lowest BCUT2D eigenvalue weighted by molar-refractivity contribution is -0.133. The molecule has 1 fully saturated rings. The fourth-order valence-corrected chi connectivity index (χ4v) is 1.75. The van der Waals surface area contributed by atoms with Gasteiger partial charge in [-0.3, -0.25) is 4.79 Å². The van der Waals surface area contributed by atoms with Gasteiger partial charge >= 0.3 is 0 Å². The number of rotatable bonds is 3. The van der Waals surface area contributed by atoms with E-state index in [2.05, 4.69) is 0 Å². The highest BCUT2D eigenvalue weighted by atomic mass is 16.5. The third-order valence-electron chi connectivity index (χ3n) is 2.80. The normalized spacial score (nSPS) is 17.5. The summed E-state index contributed by atoms with van der Waals surface area (Å²) in [4.78, 5) is 13.4. The molecule has 0 atom stereocenters. The zero-order valence-corrected chi connectivity index (χ0v) is 9.56. The molecule has 1 aromatic rings. The second-order valence-electron chi connectivity index (χ2n) is 3.82. The number of methoxy groups -OCH3 is 1. The first-order valence-corrected chi connectivity index (χ1v) is 5.32. The maximum Gasteiger partial charge on any atom is 0.251 e. The monoisotopic (exact) mass is 217 g/mol. The molecule has 0 saturated carbocycles. The van der Waals surface area contributed by atoms with Crippen molar-refractivity contribution in [3.8, 4) is 5.75 Å². The van der Waals surface area contributed by atoms with Gasteiger partial charge in [0.15, 0.2) is 0 Å². The number of ether oxygens (including phenoxy) is 1. The number of hydrogen-bond donors (Lipinski definition) is 0. The minimum Gasteiger partial charge on any atom is -0.497 e. The van der Waals surface area contributed by atoms with Gasteiger partial charge in [-0.05, 0) is 24.6 Å². The molecule has 0 radical (unpaired) electrons. The summed E-state index contributed by atoms with van der Waals surface area (Å²) in [5.74, 6) is 0.992. The number of allylic oxidation sites excluding steroid dienone is 1. The topological polar surface area (TPSA) is 29.5 Å². The van der Waals surface area contributed by atoms with Crippen molar-refractivity contribution in [1.82, 2.24) is 4.90 Å². The smallest absolute Gasteiger partial charge is 0.251 e. The summed E-state index contributed by atoms with van der Waals surface area (Å²) in [5.41, 5.74) is 2.04. The van der Waals surface area contributed by atoms with Gasteiger partial charge in [0.1, 0.15) is 5.75 Å². The molecule has 3 heteroatoms. The summed E-state index contributed by atoms with van der Waals surface area (Å²) in [7, 11) is 1.65. The summed E-state index contributed by atoms with van der Waals surface area (Å²) >= 11 is 0.